The number of hydrogen-bond donors (Lipinski definition) is 0. The first-order valence-electron chi connectivity index (χ1n) is 8.80. The Morgan fingerprint density at radius 2 is 1.88 bits per heavy atom. The fourth-order valence-electron chi connectivity index (χ4n) is 3.24. The standard InChI is InChI=1S/C20H25NO3S2/c1-20(2,3)16-8-6-15(7-9-16)19(22)21(13-18-5-4-11-25-18)17-10-12-26(23,24)14-17/h4-9,11,17H,10,12-14H2,1-3H3/t17-/m1/s1. The summed E-state index contributed by atoms with van der Waals surface area (Å²) in [6.07, 6.45) is 0.513. The van der Waals surface area contributed by atoms with Gasteiger partial charge in [0.1, 0.15) is 0 Å². The third kappa shape index (κ3) is 4.35. The van der Waals surface area contributed by atoms with Gasteiger partial charge in [-0.1, -0.05) is 39.0 Å². The monoisotopic (exact) mass is 391 g/mol. The number of carbonyl (C=O) groups excluding carboxylic acids is 1. The topological polar surface area (TPSA) is 54.5 Å². The Morgan fingerprint density at radius 1 is 1.19 bits per heavy atom. The van der Waals surface area contributed by atoms with Gasteiger partial charge in [-0.2, -0.15) is 0 Å². The lowest BCUT2D eigenvalue weighted by atomic mass is 9.86. The van der Waals surface area contributed by atoms with Crippen LogP contribution in [-0.2, 0) is 21.8 Å². The zero-order valence-electron chi connectivity index (χ0n) is 15.4. The number of nitrogens with zero attached hydrogens (tertiary/aromatic N) is 1. The van der Waals surface area contributed by atoms with Crippen molar-refractivity contribution in [2.75, 3.05) is 11.5 Å². The molecule has 1 amide bonds. The summed E-state index contributed by atoms with van der Waals surface area (Å²) in [7, 11) is -3.05. The van der Waals surface area contributed by atoms with Gasteiger partial charge in [0.05, 0.1) is 18.1 Å². The molecule has 3 rings (SSSR count). The van der Waals surface area contributed by atoms with Crippen LogP contribution in [0.4, 0.5) is 0 Å². The van der Waals surface area contributed by atoms with Crippen molar-refractivity contribution in [2.45, 2.75) is 45.2 Å². The van der Waals surface area contributed by atoms with Crippen molar-refractivity contribution >= 4 is 27.1 Å². The van der Waals surface area contributed by atoms with E-state index in [1.165, 1.54) is 5.56 Å². The number of hydrogen-bond acceptors (Lipinski definition) is 4. The highest BCUT2D eigenvalue weighted by Crippen LogP contribution is 2.26. The zero-order valence-corrected chi connectivity index (χ0v) is 17.1. The molecule has 1 aromatic carbocycles. The van der Waals surface area contributed by atoms with Gasteiger partial charge >= 0.3 is 0 Å². The SMILES string of the molecule is CC(C)(C)c1ccc(C(=O)N(Cc2cccs2)[C@@H]2CCS(=O)(=O)C2)cc1. The molecule has 1 aromatic heterocycles. The summed E-state index contributed by atoms with van der Waals surface area (Å²) < 4.78 is 23.9. The smallest absolute Gasteiger partial charge is 0.254 e. The van der Waals surface area contributed by atoms with E-state index in [0.29, 0.717) is 18.5 Å². The first-order chi connectivity index (χ1) is 12.2. The molecule has 1 aliphatic rings. The van der Waals surface area contributed by atoms with Crippen LogP contribution in [0.25, 0.3) is 0 Å². The molecule has 1 fully saturated rings. The highest BCUT2D eigenvalue weighted by atomic mass is 32.2. The van der Waals surface area contributed by atoms with Crippen LogP contribution in [0.1, 0.15) is 48.0 Å². The van der Waals surface area contributed by atoms with Gasteiger partial charge in [0.2, 0.25) is 0 Å². The van der Waals surface area contributed by atoms with Gasteiger partial charge in [0, 0.05) is 16.5 Å². The minimum atomic E-state index is -3.05. The molecule has 0 bridgehead atoms. The van der Waals surface area contributed by atoms with Crippen LogP contribution in [0, 0.1) is 0 Å². The van der Waals surface area contributed by atoms with Gasteiger partial charge in [-0.05, 0) is 41.0 Å². The third-order valence-electron chi connectivity index (χ3n) is 4.81. The summed E-state index contributed by atoms with van der Waals surface area (Å²) in [5, 5.41) is 1.97. The fraction of sp³-hybridized carbons (Fsp3) is 0.450. The van der Waals surface area contributed by atoms with Crippen LogP contribution >= 0.6 is 11.3 Å². The number of sulfone groups is 1. The second-order valence-corrected chi connectivity index (χ2v) is 11.2. The minimum Gasteiger partial charge on any atom is -0.329 e. The maximum atomic E-state index is 13.2. The zero-order chi connectivity index (χ0) is 18.9. The largest absolute Gasteiger partial charge is 0.329 e. The molecule has 26 heavy (non-hydrogen) atoms. The van der Waals surface area contributed by atoms with Crippen LogP contribution in [0.2, 0.25) is 0 Å². The van der Waals surface area contributed by atoms with E-state index in [0.717, 1.165) is 4.88 Å². The molecule has 0 radical (unpaired) electrons. The quantitative estimate of drug-likeness (QED) is 0.795. The molecule has 6 heteroatoms. The Labute approximate surface area is 159 Å². The Hall–Kier alpha value is -1.66. The van der Waals surface area contributed by atoms with Gasteiger partial charge in [0.25, 0.3) is 5.91 Å². The summed E-state index contributed by atoms with van der Waals surface area (Å²) in [5.74, 6) is 0.125. The van der Waals surface area contributed by atoms with Crippen molar-refractivity contribution in [2.24, 2.45) is 0 Å². The van der Waals surface area contributed by atoms with Crippen molar-refractivity contribution in [3.63, 3.8) is 0 Å². The Bertz CT molecular complexity index is 863. The molecule has 2 heterocycles. The average molecular weight is 392 g/mol. The molecule has 2 aromatic rings. The molecule has 4 nitrogen and oxygen atoms in total. The highest BCUT2D eigenvalue weighted by molar-refractivity contribution is 7.91. The number of thiophene rings is 1. The van der Waals surface area contributed by atoms with Gasteiger partial charge in [0.15, 0.2) is 9.84 Å². The summed E-state index contributed by atoms with van der Waals surface area (Å²) in [6.45, 7) is 6.86. The van der Waals surface area contributed by atoms with Crippen molar-refractivity contribution in [1.82, 2.24) is 4.90 Å². The van der Waals surface area contributed by atoms with E-state index in [-0.39, 0.29) is 28.9 Å². The van der Waals surface area contributed by atoms with Gasteiger partial charge in [-0.3, -0.25) is 4.79 Å². The van der Waals surface area contributed by atoms with Gasteiger partial charge in [-0.15, -0.1) is 11.3 Å². The Kier molecular flexibility index (Phi) is 5.26. The van der Waals surface area contributed by atoms with Crippen LogP contribution < -0.4 is 0 Å². The predicted octanol–water partition coefficient (Wildman–Crippen LogP) is 3.88. The highest BCUT2D eigenvalue weighted by Gasteiger charge is 2.35. The van der Waals surface area contributed by atoms with E-state index in [1.807, 2.05) is 41.8 Å². The van der Waals surface area contributed by atoms with Crippen LogP contribution in [-0.4, -0.2) is 36.8 Å². The first-order valence-corrected chi connectivity index (χ1v) is 11.5. The Morgan fingerprint density at radius 3 is 2.38 bits per heavy atom. The van der Waals surface area contributed by atoms with Crippen LogP contribution in [0.5, 0.6) is 0 Å². The molecule has 0 spiro atoms. The fourth-order valence-corrected chi connectivity index (χ4v) is 5.67. The molecule has 1 aliphatic heterocycles. The number of amides is 1. The lowest BCUT2D eigenvalue weighted by molar-refractivity contribution is 0.0683. The maximum Gasteiger partial charge on any atom is 0.254 e. The second-order valence-electron chi connectivity index (χ2n) is 7.90. The molecular formula is C20H25NO3S2. The lowest BCUT2D eigenvalue weighted by Crippen LogP contribution is -2.40. The van der Waals surface area contributed by atoms with Crippen LogP contribution in [0.15, 0.2) is 41.8 Å². The number of rotatable bonds is 4. The van der Waals surface area contributed by atoms with Crippen molar-refractivity contribution in [1.29, 1.82) is 0 Å². The third-order valence-corrected chi connectivity index (χ3v) is 7.43. The Balaban J connectivity index is 1.87. The first kappa shape index (κ1) is 19.1. The van der Waals surface area contributed by atoms with Gasteiger partial charge in [-0.25, -0.2) is 8.42 Å². The average Bonchev–Trinajstić information content (AvgIpc) is 3.20. The van der Waals surface area contributed by atoms with E-state index < -0.39 is 9.84 Å². The lowest BCUT2D eigenvalue weighted by Gasteiger charge is -2.28. The van der Waals surface area contributed by atoms with E-state index in [2.05, 4.69) is 20.8 Å². The molecule has 0 unspecified atom stereocenters. The molecule has 1 saturated heterocycles. The van der Waals surface area contributed by atoms with E-state index in [9.17, 15) is 13.2 Å². The van der Waals surface area contributed by atoms with Crippen molar-refractivity contribution < 1.29 is 13.2 Å². The summed E-state index contributed by atoms with van der Waals surface area (Å²) in [6, 6.07) is 11.4. The summed E-state index contributed by atoms with van der Waals surface area (Å²) in [5.41, 5.74) is 1.80. The molecule has 0 saturated carbocycles. The molecule has 0 N–H and O–H groups in total. The van der Waals surface area contributed by atoms with E-state index in [1.54, 1.807) is 16.2 Å². The molecule has 0 aliphatic carbocycles. The minimum absolute atomic E-state index is 0.0256. The van der Waals surface area contributed by atoms with Crippen LogP contribution in [0.3, 0.4) is 0 Å². The predicted molar refractivity (Wildman–Crippen MR) is 106 cm³/mol. The van der Waals surface area contributed by atoms with Gasteiger partial charge < -0.3 is 4.90 Å². The number of benzene rings is 1. The summed E-state index contributed by atoms with van der Waals surface area (Å²) in [4.78, 5) is 16.0. The van der Waals surface area contributed by atoms with E-state index >= 15 is 0 Å². The number of carbonyl (C=O) groups is 1. The second kappa shape index (κ2) is 7.16. The molecular weight excluding hydrogens is 366 g/mol. The molecule has 1 atom stereocenters. The van der Waals surface area contributed by atoms with E-state index in [4.69, 9.17) is 0 Å². The maximum absolute atomic E-state index is 13.2. The molecule has 140 valence electrons. The van der Waals surface area contributed by atoms with Crippen molar-refractivity contribution in [3.05, 3.63) is 57.8 Å². The van der Waals surface area contributed by atoms with Crippen molar-refractivity contribution in [3.8, 4) is 0 Å². The normalized spacial score (nSPS) is 19.4. The summed E-state index contributed by atoms with van der Waals surface area (Å²) >= 11 is 1.59.